The molecule has 4 rings (SSSR count). The quantitative estimate of drug-likeness (QED) is 0.336. The van der Waals surface area contributed by atoms with Crippen molar-refractivity contribution >= 4 is 16.9 Å². The summed E-state index contributed by atoms with van der Waals surface area (Å²) < 4.78 is 22.3. The first kappa shape index (κ1) is 20.2. The van der Waals surface area contributed by atoms with Crippen molar-refractivity contribution in [3.05, 3.63) is 88.1 Å². The Kier molecular flexibility index (Phi) is 5.45. The fourth-order valence-corrected chi connectivity index (χ4v) is 3.40. The summed E-state index contributed by atoms with van der Waals surface area (Å²) in [5.74, 6) is 0.547. The molecule has 3 aromatic carbocycles. The van der Waals surface area contributed by atoms with E-state index in [4.69, 9.17) is 18.6 Å². The van der Waals surface area contributed by atoms with Crippen LogP contribution in [0.3, 0.4) is 0 Å². The Bertz CT molecular complexity index is 1300. The zero-order valence-electron chi connectivity index (χ0n) is 17.3. The average molecular weight is 416 g/mol. The van der Waals surface area contributed by atoms with Crippen molar-refractivity contribution in [2.45, 2.75) is 6.92 Å². The first-order chi connectivity index (χ1) is 15.0. The van der Waals surface area contributed by atoms with Gasteiger partial charge in [0.05, 0.1) is 19.6 Å². The fraction of sp³-hybridized carbons (Fsp3) is 0.120. The van der Waals surface area contributed by atoms with E-state index in [1.165, 1.54) is 14.2 Å². The Labute approximate surface area is 178 Å². The lowest BCUT2D eigenvalue weighted by molar-refractivity contribution is 0.0725. The highest BCUT2D eigenvalue weighted by molar-refractivity contribution is 6.03. The number of hydrogen-bond acceptors (Lipinski definition) is 6. The maximum atomic E-state index is 13.1. The van der Waals surface area contributed by atoms with Gasteiger partial charge in [-0.25, -0.2) is 4.79 Å². The number of ether oxygens (including phenoxy) is 3. The normalized spacial score (nSPS) is 10.7. The van der Waals surface area contributed by atoms with Crippen LogP contribution < -0.4 is 19.6 Å². The van der Waals surface area contributed by atoms with E-state index in [9.17, 15) is 9.59 Å². The maximum Gasteiger partial charge on any atom is 0.347 e. The van der Waals surface area contributed by atoms with Gasteiger partial charge >= 0.3 is 5.97 Å². The van der Waals surface area contributed by atoms with Gasteiger partial charge in [-0.15, -0.1) is 0 Å². The molecule has 0 bridgehead atoms. The van der Waals surface area contributed by atoms with Crippen LogP contribution in [0.4, 0.5) is 0 Å². The number of carbonyl (C=O) groups excluding carboxylic acids is 1. The van der Waals surface area contributed by atoms with Gasteiger partial charge in [0, 0.05) is 11.1 Å². The minimum atomic E-state index is -0.695. The molecule has 1 aromatic heterocycles. The van der Waals surface area contributed by atoms with Crippen LogP contribution in [-0.4, -0.2) is 20.2 Å². The van der Waals surface area contributed by atoms with E-state index in [1.54, 1.807) is 43.3 Å². The lowest BCUT2D eigenvalue weighted by Crippen LogP contribution is -2.13. The summed E-state index contributed by atoms with van der Waals surface area (Å²) in [4.78, 5) is 26.1. The smallest absolute Gasteiger partial charge is 0.347 e. The predicted molar refractivity (Wildman–Crippen MR) is 117 cm³/mol. The van der Waals surface area contributed by atoms with Gasteiger partial charge in [-0.05, 0) is 31.2 Å². The van der Waals surface area contributed by atoms with Crippen LogP contribution in [-0.2, 0) is 0 Å². The summed E-state index contributed by atoms with van der Waals surface area (Å²) in [6.07, 6.45) is 0. The van der Waals surface area contributed by atoms with Crippen molar-refractivity contribution < 1.29 is 23.4 Å². The summed E-state index contributed by atoms with van der Waals surface area (Å²) in [6.45, 7) is 1.71. The maximum absolute atomic E-state index is 13.1. The van der Waals surface area contributed by atoms with Crippen molar-refractivity contribution in [3.63, 3.8) is 0 Å². The minimum Gasteiger partial charge on any atom is -0.493 e. The zero-order chi connectivity index (χ0) is 22.0. The molecule has 156 valence electrons. The Morgan fingerprint density at radius 3 is 2.13 bits per heavy atom. The highest BCUT2D eigenvalue weighted by Gasteiger charge is 2.22. The first-order valence-corrected chi connectivity index (χ1v) is 9.60. The first-order valence-electron chi connectivity index (χ1n) is 9.60. The average Bonchev–Trinajstić information content (AvgIpc) is 2.81. The summed E-state index contributed by atoms with van der Waals surface area (Å²) in [5.41, 5.74) is 1.30. The molecule has 0 atom stereocenters. The molecule has 0 saturated carbocycles. The van der Waals surface area contributed by atoms with E-state index in [-0.39, 0.29) is 22.3 Å². The molecule has 0 radical (unpaired) electrons. The molecule has 1 heterocycles. The number of fused-ring (bicyclic) bond motifs is 1. The van der Waals surface area contributed by atoms with E-state index < -0.39 is 5.97 Å². The van der Waals surface area contributed by atoms with Crippen LogP contribution in [0, 0.1) is 6.92 Å². The molecule has 0 aliphatic carbocycles. The Morgan fingerprint density at radius 1 is 0.839 bits per heavy atom. The second-order valence-corrected chi connectivity index (χ2v) is 6.81. The molecule has 0 saturated heterocycles. The molecule has 6 nitrogen and oxygen atoms in total. The van der Waals surface area contributed by atoms with Crippen LogP contribution in [0.2, 0.25) is 0 Å². The molecule has 4 aromatic rings. The number of rotatable bonds is 5. The molecule has 0 N–H and O–H groups in total. The highest BCUT2D eigenvalue weighted by atomic mass is 16.6. The van der Waals surface area contributed by atoms with Crippen LogP contribution in [0.25, 0.3) is 22.3 Å². The standard InChI is InChI=1S/C25H20O6/c1-15-21(26)17-11-7-12-18(23(17)30-22(15)16-9-5-4-6-10-16)25(27)31-24-19(28-2)13-8-14-20(24)29-3/h4-14H,1-3H3. The zero-order valence-corrected chi connectivity index (χ0v) is 17.3. The molecule has 0 fully saturated rings. The third-order valence-electron chi connectivity index (χ3n) is 4.98. The van der Waals surface area contributed by atoms with Crippen molar-refractivity contribution in [1.29, 1.82) is 0 Å². The molecule has 0 amide bonds. The van der Waals surface area contributed by atoms with Gasteiger partial charge in [0.15, 0.2) is 22.5 Å². The molecule has 31 heavy (non-hydrogen) atoms. The molecule has 0 unspecified atom stereocenters. The SMILES string of the molecule is COc1cccc(OC)c1OC(=O)c1cccc2c(=O)c(C)c(-c3ccccc3)oc12. The summed E-state index contributed by atoms with van der Waals surface area (Å²) in [5, 5.41) is 0.304. The molecular formula is C25H20O6. The summed E-state index contributed by atoms with van der Waals surface area (Å²) in [7, 11) is 2.94. The molecule has 0 spiro atoms. The monoisotopic (exact) mass is 416 g/mol. The van der Waals surface area contributed by atoms with E-state index in [0.717, 1.165) is 5.56 Å². The molecule has 0 aliphatic heterocycles. The van der Waals surface area contributed by atoms with E-state index in [1.807, 2.05) is 30.3 Å². The number of para-hydroxylation sites is 2. The Balaban J connectivity index is 1.87. The van der Waals surface area contributed by atoms with E-state index >= 15 is 0 Å². The van der Waals surface area contributed by atoms with Crippen LogP contribution in [0.5, 0.6) is 17.2 Å². The van der Waals surface area contributed by atoms with E-state index in [2.05, 4.69) is 0 Å². The Hall–Kier alpha value is -4.06. The van der Waals surface area contributed by atoms with Gasteiger partial charge in [-0.1, -0.05) is 42.5 Å². The van der Waals surface area contributed by atoms with Crippen molar-refractivity contribution in [2.75, 3.05) is 14.2 Å². The number of esters is 1. The van der Waals surface area contributed by atoms with Gasteiger partial charge in [-0.2, -0.15) is 0 Å². The number of methoxy groups -OCH3 is 2. The van der Waals surface area contributed by atoms with Gasteiger partial charge in [0.2, 0.25) is 5.75 Å². The largest absolute Gasteiger partial charge is 0.493 e. The number of benzene rings is 3. The molecule has 6 heteroatoms. The second kappa shape index (κ2) is 8.36. The number of hydrogen-bond donors (Lipinski definition) is 0. The predicted octanol–water partition coefficient (Wildman–Crippen LogP) is 5.00. The van der Waals surface area contributed by atoms with Gasteiger partial charge in [0.25, 0.3) is 0 Å². The minimum absolute atomic E-state index is 0.125. The molecule has 0 aliphatic rings. The fourth-order valence-electron chi connectivity index (χ4n) is 3.40. The third-order valence-corrected chi connectivity index (χ3v) is 4.98. The highest BCUT2D eigenvalue weighted by Crippen LogP contribution is 2.37. The van der Waals surface area contributed by atoms with Crippen LogP contribution in [0.1, 0.15) is 15.9 Å². The number of carbonyl (C=O) groups is 1. The summed E-state index contributed by atoms with van der Waals surface area (Å²) >= 11 is 0. The van der Waals surface area contributed by atoms with Gasteiger partial charge < -0.3 is 18.6 Å². The second-order valence-electron chi connectivity index (χ2n) is 6.81. The lowest BCUT2D eigenvalue weighted by Gasteiger charge is -2.14. The lowest BCUT2D eigenvalue weighted by atomic mass is 10.0. The summed E-state index contributed by atoms with van der Waals surface area (Å²) in [6, 6.07) is 19.1. The van der Waals surface area contributed by atoms with E-state index in [0.29, 0.717) is 28.2 Å². The third kappa shape index (κ3) is 3.64. The molecular weight excluding hydrogens is 396 g/mol. The van der Waals surface area contributed by atoms with Gasteiger partial charge in [0.1, 0.15) is 11.3 Å². The van der Waals surface area contributed by atoms with Crippen molar-refractivity contribution in [1.82, 2.24) is 0 Å². The van der Waals surface area contributed by atoms with Crippen molar-refractivity contribution in [3.8, 4) is 28.6 Å². The van der Waals surface area contributed by atoms with Gasteiger partial charge in [-0.3, -0.25) is 4.79 Å². The van der Waals surface area contributed by atoms with Crippen molar-refractivity contribution in [2.24, 2.45) is 0 Å². The Morgan fingerprint density at radius 2 is 1.48 bits per heavy atom. The van der Waals surface area contributed by atoms with Crippen LogP contribution >= 0.6 is 0 Å². The van der Waals surface area contributed by atoms with Crippen LogP contribution in [0.15, 0.2) is 75.9 Å². The topological polar surface area (TPSA) is 75.0 Å².